The molecule has 0 bridgehead atoms. The second-order valence-electron chi connectivity index (χ2n) is 8.75. The second-order valence-corrected chi connectivity index (χ2v) is 11.1. The number of fused-ring (bicyclic) bond motifs is 1. The minimum atomic E-state index is -1.15. The summed E-state index contributed by atoms with van der Waals surface area (Å²) in [6.45, 7) is 3.92. The zero-order valence-corrected chi connectivity index (χ0v) is 24.1. The van der Waals surface area contributed by atoms with Gasteiger partial charge >= 0.3 is 0 Å². The quantitative estimate of drug-likeness (QED) is 0.128. The zero-order chi connectivity index (χ0) is 26.9. The van der Waals surface area contributed by atoms with Crippen molar-refractivity contribution >= 4 is 85.7 Å². The van der Waals surface area contributed by atoms with Crippen molar-refractivity contribution in [3.8, 4) is 5.75 Å². The highest BCUT2D eigenvalue weighted by molar-refractivity contribution is 9.10. The topological polar surface area (TPSA) is 66.9 Å². The van der Waals surface area contributed by atoms with Gasteiger partial charge in [0.05, 0.1) is 48.8 Å². The third kappa shape index (κ3) is 3.86. The van der Waals surface area contributed by atoms with E-state index in [2.05, 4.69) is 15.9 Å². The Hall–Kier alpha value is -2.29. The molecule has 5 rings (SSSR count). The first kappa shape index (κ1) is 26.3. The normalized spacial score (nSPS) is 18.9. The lowest BCUT2D eigenvalue weighted by molar-refractivity contribution is -0.130. The Kier molecular flexibility index (Phi) is 6.74. The molecule has 1 fully saturated rings. The number of methoxy groups -OCH3 is 1. The molecule has 2 aliphatic heterocycles. The molecule has 190 valence electrons. The van der Waals surface area contributed by atoms with E-state index < -0.39 is 29.8 Å². The molecule has 0 aromatic heterocycles. The average Bonchev–Trinajstić information content (AvgIpc) is 3.12. The van der Waals surface area contributed by atoms with E-state index >= 15 is 0 Å². The van der Waals surface area contributed by atoms with Crippen molar-refractivity contribution in [1.29, 1.82) is 0 Å². The molecule has 0 saturated carbocycles. The van der Waals surface area contributed by atoms with Gasteiger partial charge in [0.1, 0.15) is 11.8 Å². The maximum atomic E-state index is 13.7. The number of halogens is 5. The van der Waals surface area contributed by atoms with Gasteiger partial charge in [-0.05, 0) is 70.7 Å². The number of hydrogen-bond acceptors (Lipinski definition) is 4. The van der Waals surface area contributed by atoms with Gasteiger partial charge < -0.3 is 9.64 Å². The van der Waals surface area contributed by atoms with Gasteiger partial charge in [-0.1, -0.05) is 58.5 Å². The van der Waals surface area contributed by atoms with Gasteiger partial charge in [-0.3, -0.25) is 19.3 Å². The molecule has 3 amide bonds. The fourth-order valence-corrected chi connectivity index (χ4v) is 6.28. The van der Waals surface area contributed by atoms with Crippen LogP contribution in [0.2, 0.25) is 20.1 Å². The van der Waals surface area contributed by atoms with E-state index in [0.717, 1.165) is 16.0 Å². The Morgan fingerprint density at radius 2 is 1.35 bits per heavy atom. The van der Waals surface area contributed by atoms with E-state index in [1.807, 2.05) is 32.0 Å². The fourth-order valence-electron chi connectivity index (χ4n) is 4.71. The van der Waals surface area contributed by atoms with Gasteiger partial charge in [0.15, 0.2) is 0 Å². The van der Waals surface area contributed by atoms with Crippen LogP contribution < -0.4 is 9.64 Å². The Morgan fingerprint density at radius 3 is 1.86 bits per heavy atom. The first-order chi connectivity index (χ1) is 17.5. The summed E-state index contributed by atoms with van der Waals surface area (Å²) < 4.78 is 5.99. The number of ether oxygens (including phenoxy) is 1. The third-order valence-electron chi connectivity index (χ3n) is 6.76. The lowest BCUT2D eigenvalue weighted by atomic mass is 9.86. The minimum Gasteiger partial charge on any atom is -0.496 e. The number of hydrogen-bond donors (Lipinski definition) is 0. The van der Waals surface area contributed by atoms with Crippen LogP contribution in [0.3, 0.4) is 0 Å². The lowest BCUT2D eigenvalue weighted by Crippen LogP contribution is -2.67. The molecule has 0 spiro atoms. The van der Waals surface area contributed by atoms with E-state index in [0.29, 0.717) is 21.5 Å². The van der Waals surface area contributed by atoms with Gasteiger partial charge in [-0.2, -0.15) is 0 Å². The average molecular weight is 643 g/mol. The van der Waals surface area contributed by atoms with Gasteiger partial charge in [0.25, 0.3) is 17.7 Å². The predicted octanol–water partition coefficient (Wildman–Crippen LogP) is 7.44. The minimum absolute atomic E-state index is 0.137. The largest absolute Gasteiger partial charge is 0.496 e. The third-order valence-corrected chi connectivity index (χ3v) is 9.19. The second kappa shape index (κ2) is 9.47. The van der Waals surface area contributed by atoms with Crippen LogP contribution in [0.15, 0.2) is 40.9 Å². The molecule has 0 aliphatic carbocycles. The Labute approximate surface area is 241 Å². The number of carbonyl (C=O) groups is 3. The highest BCUT2D eigenvalue weighted by Crippen LogP contribution is 2.49. The van der Waals surface area contributed by atoms with Gasteiger partial charge in [-0.25, -0.2) is 0 Å². The molecule has 0 radical (unpaired) electrons. The Bertz CT molecular complexity index is 1500. The van der Waals surface area contributed by atoms with Crippen molar-refractivity contribution in [2.75, 3.05) is 12.0 Å². The number of carbonyl (C=O) groups excluding carboxylic acids is 3. The van der Waals surface area contributed by atoms with Crippen LogP contribution in [0.5, 0.6) is 5.75 Å². The van der Waals surface area contributed by atoms with Crippen molar-refractivity contribution in [1.82, 2.24) is 4.90 Å². The number of anilines is 1. The number of rotatable bonds is 4. The van der Waals surface area contributed by atoms with Crippen LogP contribution >= 0.6 is 62.3 Å². The molecule has 3 aromatic carbocycles. The summed E-state index contributed by atoms with van der Waals surface area (Å²) in [5, 5.41) is -0.647. The number of nitrogens with zero attached hydrogens (tertiary/aromatic N) is 2. The SMILES string of the molecule is COc1ccc([C@H]2[C@H](N3C(=O)c4c(Cl)c(Cl)c(Cl)c(Cl)c4C3=O)C(=O)N2c2ccc(C)c(C)c2)cc1Br. The van der Waals surface area contributed by atoms with Crippen LogP contribution in [0.4, 0.5) is 5.69 Å². The molecular formula is C26H17BrCl4N2O4. The van der Waals surface area contributed by atoms with Crippen molar-refractivity contribution in [2.24, 2.45) is 0 Å². The summed E-state index contributed by atoms with van der Waals surface area (Å²) in [6, 6.07) is 9.12. The van der Waals surface area contributed by atoms with E-state index in [9.17, 15) is 14.4 Å². The summed E-state index contributed by atoms with van der Waals surface area (Å²) in [5.41, 5.74) is 3.04. The molecule has 6 nitrogen and oxygen atoms in total. The molecule has 37 heavy (non-hydrogen) atoms. The summed E-state index contributed by atoms with van der Waals surface area (Å²) in [4.78, 5) is 43.3. The molecule has 11 heteroatoms. The lowest BCUT2D eigenvalue weighted by Gasteiger charge is -2.50. The van der Waals surface area contributed by atoms with Crippen LogP contribution in [-0.4, -0.2) is 35.8 Å². The number of aryl methyl sites for hydroxylation is 2. The first-order valence-corrected chi connectivity index (χ1v) is 13.3. The van der Waals surface area contributed by atoms with Gasteiger partial charge in [-0.15, -0.1) is 0 Å². The zero-order valence-electron chi connectivity index (χ0n) is 19.5. The molecule has 2 aliphatic rings. The maximum absolute atomic E-state index is 13.7. The molecule has 3 aromatic rings. The number of β-lactam (4-membered cyclic amide) rings is 1. The summed E-state index contributed by atoms with van der Waals surface area (Å²) in [6.07, 6.45) is 0. The maximum Gasteiger partial charge on any atom is 0.264 e. The number of amides is 3. The number of benzene rings is 3. The van der Waals surface area contributed by atoms with Crippen molar-refractivity contribution in [3.05, 3.63) is 88.8 Å². The van der Waals surface area contributed by atoms with Crippen molar-refractivity contribution in [3.63, 3.8) is 0 Å². The summed E-state index contributed by atoms with van der Waals surface area (Å²) >= 11 is 28.4. The monoisotopic (exact) mass is 640 g/mol. The van der Waals surface area contributed by atoms with E-state index in [-0.39, 0.29) is 31.2 Å². The van der Waals surface area contributed by atoms with Crippen molar-refractivity contribution < 1.29 is 19.1 Å². The smallest absolute Gasteiger partial charge is 0.264 e. The van der Waals surface area contributed by atoms with Gasteiger partial charge in [0, 0.05) is 5.69 Å². The van der Waals surface area contributed by atoms with Crippen LogP contribution in [0, 0.1) is 13.8 Å². The molecule has 1 saturated heterocycles. The Morgan fingerprint density at radius 1 is 0.757 bits per heavy atom. The van der Waals surface area contributed by atoms with Crippen LogP contribution in [0.1, 0.15) is 43.4 Å². The molecule has 0 N–H and O–H groups in total. The first-order valence-electron chi connectivity index (χ1n) is 11.0. The predicted molar refractivity (Wildman–Crippen MR) is 148 cm³/mol. The standard InChI is InChI=1S/C26H17BrCl4N2O4/c1-10-4-6-13(8-11(10)2)32-22(12-5-7-15(37-3)14(27)9-12)23(26(32)36)33-24(34)16-17(25(33)35)19(29)21(31)20(30)18(16)28/h4-9,22-23H,1-3H3/t22-,23-/m0/s1. The number of imide groups is 1. The molecule has 0 unspecified atom stereocenters. The molecular weight excluding hydrogens is 626 g/mol. The van der Waals surface area contributed by atoms with Gasteiger partial charge in [0.2, 0.25) is 0 Å². The Balaban J connectivity index is 1.65. The van der Waals surface area contributed by atoms with E-state index in [1.165, 1.54) is 0 Å². The highest BCUT2D eigenvalue weighted by Gasteiger charge is 2.58. The van der Waals surface area contributed by atoms with Crippen LogP contribution in [-0.2, 0) is 4.79 Å². The van der Waals surface area contributed by atoms with E-state index in [1.54, 1.807) is 30.2 Å². The fraction of sp³-hybridized carbons (Fsp3) is 0.192. The van der Waals surface area contributed by atoms with Crippen molar-refractivity contribution in [2.45, 2.75) is 25.9 Å². The molecule has 2 atom stereocenters. The molecule has 2 heterocycles. The summed E-state index contributed by atoms with van der Waals surface area (Å²) in [7, 11) is 1.54. The van der Waals surface area contributed by atoms with E-state index in [4.69, 9.17) is 51.1 Å². The summed E-state index contributed by atoms with van der Waals surface area (Å²) in [5.74, 6) is -1.37. The van der Waals surface area contributed by atoms with Crippen LogP contribution in [0.25, 0.3) is 0 Å². The highest BCUT2D eigenvalue weighted by atomic mass is 79.9.